The van der Waals surface area contributed by atoms with E-state index in [1.54, 1.807) is 11.8 Å². The minimum absolute atomic E-state index is 0. The third kappa shape index (κ3) is 6.84. The number of hydrogen-bond donors (Lipinski definition) is 2. The smallest absolute Gasteiger partial charge is 0.230 e. The summed E-state index contributed by atoms with van der Waals surface area (Å²) in [6, 6.07) is 0.331. The highest BCUT2D eigenvalue weighted by molar-refractivity contribution is 7.99. The molecule has 1 amide bonds. The number of thioether (sulfide) groups is 1. The normalized spacial score (nSPS) is 27.4. The first-order valence-corrected chi connectivity index (χ1v) is 8.19. The molecular weight excluding hydrogens is 284 g/mol. The SMILES string of the molecule is Cl.O=C(CSCC1CCCCO1)NC1CCCNC1. The molecule has 0 aliphatic carbocycles. The summed E-state index contributed by atoms with van der Waals surface area (Å²) in [6.07, 6.45) is 6.25. The van der Waals surface area contributed by atoms with Crippen molar-refractivity contribution in [3.8, 4) is 0 Å². The van der Waals surface area contributed by atoms with Gasteiger partial charge in [-0.05, 0) is 38.6 Å². The molecule has 2 rings (SSSR count). The van der Waals surface area contributed by atoms with Gasteiger partial charge in [-0.1, -0.05) is 0 Å². The Morgan fingerprint density at radius 3 is 2.89 bits per heavy atom. The van der Waals surface area contributed by atoms with E-state index in [0.717, 1.165) is 44.7 Å². The summed E-state index contributed by atoms with van der Waals surface area (Å²) in [4.78, 5) is 11.8. The first-order chi connectivity index (χ1) is 8.84. The summed E-state index contributed by atoms with van der Waals surface area (Å²) in [6.45, 7) is 2.90. The third-order valence-electron chi connectivity index (χ3n) is 3.47. The molecule has 2 atom stereocenters. The molecule has 2 aliphatic heterocycles. The van der Waals surface area contributed by atoms with E-state index in [1.165, 1.54) is 12.8 Å². The van der Waals surface area contributed by atoms with Crippen LogP contribution in [0.15, 0.2) is 0 Å². The zero-order valence-corrected chi connectivity index (χ0v) is 13.0. The number of halogens is 1. The van der Waals surface area contributed by atoms with Gasteiger partial charge in [0.05, 0.1) is 11.9 Å². The summed E-state index contributed by atoms with van der Waals surface area (Å²) < 4.78 is 5.65. The molecule has 2 fully saturated rings. The largest absolute Gasteiger partial charge is 0.377 e. The van der Waals surface area contributed by atoms with Gasteiger partial charge in [0.1, 0.15) is 0 Å². The molecule has 6 heteroatoms. The molecule has 4 nitrogen and oxygen atoms in total. The van der Waals surface area contributed by atoms with Crippen molar-refractivity contribution in [2.45, 2.75) is 44.2 Å². The molecule has 2 aliphatic rings. The molecule has 0 aromatic carbocycles. The van der Waals surface area contributed by atoms with E-state index in [2.05, 4.69) is 10.6 Å². The minimum atomic E-state index is 0. The van der Waals surface area contributed by atoms with Gasteiger partial charge in [-0.25, -0.2) is 0 Å². The van der Waals surface area contributed by atoms with Crippen molar-refractivity contribution in [3.63, 3.8) is 0 Å². The fourth-order valence-corrected chi connectivity index (χ4v) is 3.38. The Balaban J connectivity index is 0.00000180. The van der Waals surface area contributed by atoms with Crippen LogP contribution in [0, 0.1) is 0 Å². The molecule has 19 heavy (non-hydrogen) atoms. The maximum Gasteiger partial charge on any atom is 0.230 e. The van der Waals surface area contributed by atoms with Crippen molar-refractivity contribution in [2.24, 2.45) is 0 Å². The van der Waals surface area contributed by atoms with Crippen LogP contribution in [-0.4, -0.2) is 49.3 Å². The standard InChI is InChI=1S/C13H24N2O2S.ClH/c16-13(15-11-4-3-6-14-8-11)10-18-9-12-5-1-2-7-17-12;/h11-12,14H,1-10H2,(H,15,16);1H. The summed E-state index contributed by atoms with van der Waals surface area (Å²) >= 11 is 1.70. The van der Waals surface area contributed by atoms with Gasteiger partial charge >= 0.3 is 0 Å². The number of hydrogen-bond acceptors (Lipinski definition) is 4. The van der Waals surface area contributed by atoms with Crippen molar-refractivity contribution in [3.05, 3.63) is 0 Å². The highest BCUT2D eigenvalue weighted by atomic mass is 35.5. The molecule has 0 aromatic heterocycles. The van der Waals surface area contributed by atoms with Gasteiger partial charge < -0.3 is 15.4 Å². The lowest BCUT2D eigenvalue weighted by Gasteiger charge is -2.24. The molecule has 0 radical (unpaired) electrons. The maximum absolute atomic E-state index is 11.8. The monoisotopic (exact) mass is 308 g/mol. The topological polar surface area (TPSA) is 50.4 Å². The first kappa shape index (κ1) is 17.1. The van der Waals surface area contributed by atoms with E-state index in [4.69, 9.17) is 4.74 Å². The van der Waals surface area contributed by atoms with Crippen LogP contribution in [0.25, 0.3) is 0 Å². The summed E-state index contributed by atoms with van der Waals surface area (Å²) in [5.41, 5.74) is 0. The first-order valence-electron chi connectivity index (χ1n) is 7.04. The summed E-state index contributed by atoms with van der Waals surface area (Å²) in [5.74, 6) is 1.69. The molecular formula is C13H25ClN2O2S. The van der Waals surface area contributed by atoms with Crippen molar-refractivity contribution in [2.75, 3.05) is 31.2 Å². The molecule has 2 N–H and O–H groups in total. The average molecular weight is 309 g/mol. The van der Waals surface area contributed by atoms with E-state index < -0.39 is 0 Å². The fraction of sp³-hybridized carbons (Fsp3) is 0.923. The Bertz CT molecular complexity index is 257. The summed E-state index contributed by atoms with van der Waals surface area (Å²) in [5, 5.41) is 6.40. The fourth-order valence-electron chi connectivity index (χ4n) is 2.47. The number of carbonyl (C=O) groups excluding carboxylic acids is 1. The Morgan fingerprint density at radius 1 is 1.32 bits per heavy atom. The predicted molar refractivity (Wildman–Crippen MR) is 82.2 cm³/mol. The van der Waals surface area contributed by atoms with Crippen molar-refractivity contribution < 1.29 is 9.53 Å². The van der Waals surface area contributed by atoms with E-state index >= 15 is 0 Å². The van der Waals surface area contributed by atoms with Crippen molar-refractivity contribution in [1.82, 2.24) is 10.6 Å². The van der Waals surface area contributed by atoms with Gasteiger partial charge in [0.25, 0.3) is 0 Å². The second kappa shape index (κ2) is 9.86. The van der Waals surface area contributed by atoms with E-state index in [1.807, 2.05) is 0 Å². The minimum Gasteiger partial charge on any atom is -0.377 e. The van der Waals surface area contributed by atoms with Gasteiger partial charge in [-0.3, -0.25) is 4.79 Å². The molecule has 0 spiro atoms. The zero-order valence-electron chi connectivity index (χ0n) is 11.4. The number of carbonyl (C=O) groups is 1. The van der Waals surface area contributed by atoms with Gasteiger partial charge in [-0.15, -0.1) is 24.2 Å². The summed E-state index contributed by atoms with van der Waals surface area (Å²) in [7, 11) is 0. The second-order valence-electron chi connectivity index (χ2n) is 5.11. The van der Waals surface area contributed by atoms with Crippen LogP contribution < -0.4 is 10.6 Å². The van der Waals surface area contributed by atoms with Gasteiger partial charge in [0.15, 0.2) is 0 Å². The van der Waals surface area contributed by atoms with Gasteiger partial charge in [-0.2, -0.15) is 0 Å². The zero-order chi connectivity index (χ0) is 12.6. The lowest BCUT2D eigenvalue weighted by molar-refractivity contribution is -0.119. The molecule has 0 bridgehead atoms. The number of piperidine rings is 1. The number of ether oxygens (including phenoxy) is 1. The lowest BCUT2D eigenvalue weighted by atomic mass is 10.1. The van der Waals surface area contributed by atoms with Crippen LogP contribution in [0.5, 0.6) is 0 Å². The molecule has 112 valence electrons. The van der Waals surface area contributed by atoms with E-state index in [0.29, 0.717) is 17.9 Å². The van der Waals surface area contributed by atoms with E-state index in [-0.39, 0.29) is 18.3 Å². The number of nitrogens with one attached hydrogen (secondary N) is 2. The molecule has 0 saturated carbocycles. The van der Waals surface area contributed by atoms with E-state index in [9.17, 15) is 4.79 Å². The van der Waals surface area contributed by atoms with Crippen LogP contribution in [0.2, 0.25) is 0 Å². The highest BCUT2D eigenvalue weighted by Crippen LogP contribution is 2.17. The van der Waals surface area contributed by atoms with Crippen molar-refractivity contribution >= 4 is 30.1 Å². The van der Waals surface area contributed by atoms with Crippen molar-refractivity contribution in [1.29, 1.82) is 0 Å². The quantitative estimate of drug-likeness (QED) is 0.809. The lowest BCUT2D eigenvalue weighted by Crippen LogP contribution is -2.46. The Labute approximate surface area is 126 Å². The highest BCUT2D eigenvalue weighted by Gasteiger charge is 2.17. The average Bonchev–Trinajstić information content (AvgIpc) is 2.41. The second-order valence-corrected chi connectivity index (χ2v) is 6.14. The molecule has 2 saturated heterocycles. The molecule has 0 aromatic rings. The van der Waals surface area contributed by atoms with Crippen LogP contribution >= 0.6 is 24.2 Å². The Morgan fingerprint density at radius 2 is 2.21 bits per heavy atom. The predicted octanol–water partition coefficient (Wildman–Crippen LogP) is 1.58. The Hall–Kier alpha value is 0.0300. The maximum atomic E-state index is 11.8. The number of amides is 1. The number of rotatable bonds is 5. The van der Waals surface area contributed by atoms with Gasteiger partial charge in [0, 0.05) is 24.9 Å². The van der Waals surface area contributed by atoms with Crippen LogP contribution in [0.1, 0.15) is 32.1 Å². The molecule has 2 unspecified atom stereocenters. The Kier molecular flexibility index (Phi) is 8.86. The molecule has 2 heterocycles. The van der Waals surface area contributed by atoms with Crippen LogP contribution in [-0.2, 0) is 9.53 Å². The van der Waals surface area contributed by atoms with Gasteiger partial charge in [0.2, 0.25) is 5.91 Å². The van der Waals surface area contributed by atoms with Crippen LogP contribution in [0.4, 0.5) is 0 Å². The third-order valence-corrected chi connectivity index (χ3v) is 4.55. The van der Waals surface area contributed by atoms with Crippen LogP contribution in [0.3, 0.4) is 0 Å².